The highest BCUT2D eigenvalue weighted by molar-refractivity contribution is 5.84. The summed E-state index contributed by atoms with van der Waals surface area (Å²) >= 11 is 0. The van der Waals surface area contributed by atoms with Crippen molar-refractivity contribution < 1.29 is 9.53 Å². The predicted octanol–water partition coefficient (Wildman–Crippen LogP) is 1.71. The Balaban J connectivity index is 2.50. The van der Waals surface area contributed by atoms with Gasteiger partial charge in [0.2, 0.25) is 0 Å². The van der Waals surface area contributed by atoms with E-state index in [1.54, 1.807) is 0 Å². The van der Waals surface area contributed by atoms with Crippen LogP contribution >= 0.6 is 0 Å². The second kappa shape index (κ2) is 5.08. The van der Waals surface area contributed by atoms with Crippen molar-refractivity contribution in [2.45, 2.75) is 39.7 Å². The van der Waals surface area contributed by atoms with Gasteiger partial charge < -0.3 is 4.74 Å². The van der Waals surface area contributed by atoms with E-state index in [1.807, 2.05) is 13.8 Å². The number of ether oxygens (including phenoxy) is 1. The summed E-state index contributed by atoms with van der Waals surface area (Å²) < 4.78 is 5.41. The Bertz CT molecular complexity index is 226. The summed E-state index contributed by atoms with van der Waals surface area (Å²) in [7, 11) is 2.07. The van der Waals surface area contributed by atoms with Crippen molar-refractivity contribution in [1.29, 1.82) is 0 Å². The van der Waals surface area contributed by atoms with Gasteiger partial charge in [-0.1, -0.05) is 20.8 Å². The van der Waals surface area contributed by atoms with E-state index in [1.165, 1.54) is 0 Å². The van der Waals surface area contributed by atoms with Gasteiger partial charge in [-0.2, -0.15) is 0 Å². The Morgan fingerprint density at radius 1 is 1.53 bits per heavy atom. The lowest BCUT2D eigenvalue weighted by atomic mass is 9.82. The van der Waals surface area contributed by atoms with Crippen LogP contribution in [-0.4, -0.2) is 43.5 Å². The van der Waals surface area contributed by atoms with Gasteiger partial charge in [-0.3, -0.25) is 9.69 Å². The second-order valence-electron chi connectivity index (χ2n) is 5.07. The van der Waals surface area contributed by atoms with E-state index in [4.69, 9.17) is 4.74 Å². The molecular weight excluding hydrogens is 190 g/mol. The lowest BCUT2D eigenvalue weighted by molar-refractivity contribution is -0.130. The third-order valence-electron chi connectivity index (χ3n) is 3.58. The van der Waals surface area contributed by atoms with Gasteiger partial charge in [0, 0.05) is 24.4 Å². The highest BCUT2D eigenvalue weighted by Gasteiger charge is 2.30. The topological polar surface area (TPSA) is 29.5 Å². The lowest BCUT2D eigenvalue weighted by Crippen LogP contribution is -2.45. The largest absolute Gasteiger partial charge is 0.378 e. The van der Waals surface area contributed by atoms with E-state index < -0.39 is 0 Å². The predicted molar refractivity (Wildman–Crippen MR) is 60.9 cm³/mol. The molecular formula is C12H23NO2. The number of morpholine rings is 1. The Labute approximate surface area is 92.8 Å². The third kappa shape index (κ3) is 3.28. The molecule has 1 aliphatic rings. The first-order chi connectivity index (χ1) is 6.97. The summed E-state index contributed by atoms with van der Waals surface area (Å²) in [5.74, 6) is 0.354. The SMILES string of the molecule is CCC(C)(C)C(=O)CC1COCCN1C. The van der Waals surface area contributed by atoms with Gasteiger partial charge in [0.15, 0.2) is 0 Å². The van der Waals surface area contributed by atoms with Crippen molar-refractivity contribution in [3.8, 4) is 0 Å². The first-order valence-corrected chi connectivity index (χ1v) is 5.78. The molecule has 88 valence electrons. The Morgan fingerprint density at radius 3 is 2.73 bits per heavy atom. The monoisotopic (exact) mass is 213 g/mol. The molecule has 0 aliphatic carbocycles. The fraction of sp³-hybridized carbons (Fsp3) is 0.917. The average Bonchev–Trinajstić information content (AvgIpc) is 2.21. The summed E-state index contributed by atoms with van der Waals surface area (Å²) in [5, 5.41) is 0. The van der Waals surface area contributed by atoms with Gasteiger partial charge in [-0.25, -0.2) is 0 Å². The first kappa shape index (κ1) is 12.7. The zero-order chi connectivity index (χ0) is 11.5. The van der Waals surface area contributed by atoms with E-state index in [2.05, 4.69) is 18.9 Å². The van der Waals surface area contributed by atoms with Crippen molar-refractivity contribution in [3.63, 3.8) is 0 Å². The number of ketones is 1. The van der Waals surface area contributed by atoms with Crippen molar-refractivity contribution in [3.05, 3.63) is 0 Å². The minimum atomic E-state index is -0.182. The molecule has 0 spiro atoms. The number of nitrogens with zero attached hydrogens (tertiary/aromatic N) is 1. The summed E-state index contributed by atoms with van der Waals surface area (Å²) in [6.45, 7) is 8.54. The minimum absolute atomic E-state index is 0.182. The normalized spacial score (nSPS) is 24.1. The molecule has 1 fully saturated rings. The van der Waals surface area contributed by atoms with Crippen molar-refractivity contribution >= 4 is 5.78 Å². The Kier molecular flexibility index (Phi) is 4.29. The molecule has 0 aromatic rings. The maximum atomic E-state index is 12.0. The van der Waals surface area contributed by atoms with Gasteiger partial charge in [0.25, 0.3) is 0 Å². The lowest BCUT2D eigenvalue weighted by Gasteiger charge is -2.34. The number of carbonyl (C=O) groups excluding carboxylic acids is 1. The second-order valence-corrected chi connectivity index (χ2v) is 5.07. The molecule has 3 heteroatoms. The molecule has 0 radical (unpaired) electrons. The van der Waals surface area contributed by atoms with Gasteiger partial charge >= 0.3 is 0 Å². The maximum absolute atomic E-state index is 12.0. The van der Waals surface area contributed by atoms with Gasteiger partial charge in [0.1, 0.15) is 5.78 Å². The Hall–Kier alpha value is -0.410. The van der Waals surface area contributed by atoms with Crippen molar-refractivity contribution in [2.75, 3.05) is 26.8 Å². The highest BCUT2D eigenvalue weighted by Crippen LogP contribution is 2.24. The van der Waals surface area contributed by atoms with Gasteiger partial charge in [0.05, 0.1) is 13.2 Å². The van der Waals surface area contributed by atoms with Crippen LogP contribution in [-0.2, 0) is 9.53 Å². The molecule has 0 N–H and O–H groups in total. The molecule has 0 aromatic heterocycles. The fourth-order valence-electron chi connectivity index (χ4n) is 1.64. The zero-order valence-electron chi connectivity index (χ0n) is 10.4. The van der Waals surface area contributed by atoms with Crippen LogP contribution in [0.3, 0.4) is 0 Å². The van der Waals surface area contributed by atoms with Crippen LogP contribution in [0.5, 0.6) is 0 Å². The maximum Gasteiger partial charge on any atom is 0.140 e. The molecule has 1 unspecified atom stereocenters. The standard InChI is InChI=1S/C12H23NO2/c1-5-12(2,3)11(14)8-10-9-15-7-6-13(10)4/h10H,5-9H2,1-4H3. The van der Waals surface area contributed by atoms with Crippen LogP contribution in [0.25, 0.3) is 0 Å². The molecule has 0 bridgehead atoms. The quantitative estimate of drug-likeness (QED) is 0.712. The van der Waals surface area contributed by atoms with Crippen LogP contribution in [0, 0.1) is 5.41 Å². The van der Waals surface area contributed by atoms with Crippen LogP contribution in [0.15, 0.2) is 0 Å². The van der Waals surface area contributed by atoms with E-state index in [0.29, 0.717) is 18.8 Å². The van der Waals surface area contributed by atoms with Crippen molar-refractivity contribution in [2.24, 2.45) is 5.41 Å². The number of carbonyl (C=O) groups is 1. The molecule has 1 aliphatic heterocycles. The van der Waals surface area contributed by atoms with Crippen LogP contribution in [0.4, 0.5) is 0 Å². The number of rotatable bonds is 4. The number of likely N-dealkylation sites (N-methyl/N-ethyl adjacent to an activating group) is 1. The van der Waals surface area contributed by atoms with E-state index in [9.17, 15) is 4.79 Å². The highest BCUT2D eigenvalue weighted by atomic mass is 16.5. The molecule has 0 saturated carbocycles. The molecule has 3 nitrogen and oxygen atoms in total. The summed E-state index contributed by atoms with van der Waals surface area (Å²) in [4.78, 5) is 14.3. The molecule has 15 heavy (non-hydrogen) atoms. The van der Waals surface area contributed by atoms with Gasteiger partial charge in [-0.15, -0.1) is 0 Å². The van der Waals surface area contributed by atoms with E-state index in [0.717, 1.165) is 19.6 Å². The zero-order valence-corrected chi connectivity index (χ0v) is 10.4. The average molecular weight is 213 g/mol. The summed E-state index contributed by atoms with van der Waals surface area (Å²) in [5.41, 5.74) is -0.182. The number of hydrogen-bond donors (Lipinski definition) is 0. The minimum Gasteiger partial charge on any atom is -0.378 e. The molecule has 1 rings (SSSR count). The van der Waals surface area contributed by atoms with Crippen LogP contribution in [0.2, 0.25) is 0 Å². The molecule has 1 atom stereocenters. The summed E-state index contributed by atoms with van der Waals surface area (Å²) in [6.07, 6.45) is 1.53. The first-order valence-electron chi connectivity index (χ1n) is 5.78. The molecule has 0 amide bonds. The summed E-state index contributed by atoms with van der Waals surface area (Å²) in [6, 6.07) is 0.275. The molecule has 1 saturated heterocycles. The van der Waals surface area contributed by atoms with Crippen LogP contribution < -0.4 is 0 Å². The molecule has 0 aromatic carbocycles. The van der Waals surface area contributed by atoms with E-state index in [-0.39, 0.29) is 11.5 Å². The van der Waals surface area contributed by atoms with Gasteiger partial charge in [-0.05, 0) is 13.5 Å². The fourth-order valence-corrected chi connectivity index (χ4v) is 1.64. The van der Waals surface area contributed by atoms with Crippen LogP contribution in [0.1, 0.15) is 33.6 Å². The number of hydrogen-bond acceptors (Lipinski definition) is 3. The smallest absolute Gasteiger partial charge is 0.140 e. The van der Waals surface area contributed by atoms with E-state index >= 15 is 0 Å². The molecule has 1 heterocycles. The third-order valence-corrected chi connectivity index (χ3v) is 3.58. The number of Topliss-reactive ketones (excluding diaryl/α,β-unsaturated/α-hetero) is 1. The van der Waals surface area contributed by atoms with Crippen molar-refractivity contribution in [1.82, 2.24) is 4.90 Å². The Morgan fingerprint density at radius 2 is 2.20 bits per heavy atom.